The number of aromatic hydroxyl groups is 2. The maximum Gasteiger partial charge on any atom is 0.302 e. The summed E-state index contributed by atoms with van der Waals surface area (Å²) in [6, 6.07) is 4.28. The Morgan fingerprint density at radius 3 is 2.22 bits per heavy atom. The smallest absolute Gasteiger partial charge is 0.302 e. The summed E-state index contributed by atoms with van der Waals surface area (Å²) in [5.41, 5.74) is 0.671. The van der Waals surface area contributed by atoms with Crippen molar-refractivity contribution in [1.82, 2.24) is 0 Å². The lowest BCUT2D eigenvalue weighted by Crippen LogP contribution is -2.21. The van der Waals surface area contributed by atoms with Crippen LogP contribution in [0.3, 0.4) is 0 Å². The number of Topliss-reactive ketones (excluding diaryl/α,β-unsaturated/α-hetero) is 1. The van der Waals surface area contributed by atoms with E-state index in [1.165, 1.54) is 25.1 Å². The number of phenolic OH excluding ortho intramolecular Hbond substituents is 2. The van der Waals surface area contributed by atoms with E-state index in [2.05, 4.69) is 6.92 Å². The summed E-state index contributed by atoms with van der Waals surface area (Å²) in [5.74, 6) is -0.585. The zero-order chi connectivity index (χ0) is 20.2. The van der Waals surface area contributed by atoms with Crippen LogP contribution in [-0.2, 0) is 20.7 Å². The molecule has 0 unspecified atom stereocenters. The Kier molecular flexibility index (Phi) is 10.5. The predicted octanol–water partition coefficient (Wildman–Crippen LogP) is 3.64. The van der Waals surface area contributed by atoms with Gasteiger partial charge in [-0.15, -0.1) is 0 Å². The van der Waals surface area contributed by atoms with E-state index in [1.54, 1.807) is 0 Å². The van der Waals surface area contributed by atoms with E-state index < -0.39 is 12.1 Å². The number of hydrogen-bond acceptors (Lipinski definition) is 6. The van der Waals surface area contributed by atoms with Crippen LogP contribution in [0.15, 0.2) is 18.2 Å². The highest BCUT2D eigenvalue weighted by Gasteiger charge is 2.17. The third-order valence-electron chi connectivity index (χ3n) is 4.41. The predicted molar refractivity (Wildman–Crippen MR) is 103 cm³/mol. The second-order valence-corrected chi connectivity index (χ2v) is 7.02. The van der Waals surface area contributed by atoms with E-state index in [1.807, 2.05) is 0 Å². The summed E-state index contributed by atoms with van der Waals surface area (Å²) >= 11 is 0. The fraction of sp³-hybridized carbons (Fsp3) is 0.619. The number of aliphatic hydroxyl groups excluding tert-OH is 1. The van der Waals surface area contributed by atoms with Gasteiger partial charge >= 0.3 is 5.97 Å². The van der Waals surface area contributed by atoms with Gasteiger partial charge in [-0.25, -0.2) is 0 Å². The Balaban J connectivity index is 2.44. The van der Waals surface area contributed by atoms with Crippen molar-refractivity contribution in [2.75, 3.05) is 0 Å². The molecule has 0 spiro atoms. The number of carbonyl (C=O) groups excluding carboxylic acids is 2. The van der Waals surface area contributed by atoms with Crippen molar-refractivity contribution in [3.63, 3.8) is 0 Å². The number of benzene rings is 1. The number of ether oxygens (including phenoxy) is 1. The molecule has 6 nitrogen and oxygen atoms in total. The van der Waals surface area contributed by atoms with Crippen LogP contribution in [0.2, 0.25) is 0 Å². The highest BCUT2D eigenvalue weighted by Crippen LogP contribution is 2.23. The monoisotopic (exact) mass is 380 g/mol. The molecule has 0 saturated carbocycles. The van der Waals surface area contributed by atoms with Gasteiger partial charge in [0.05, 0.1) is 0 Å². The second-order valence-electron chi connectivity index (χ2n) is 7.02. The highest BCUT2D eigenvalue weighted by atomic mass is 16.5. The zero-order valence-corrected chi connectivity index (χ0v) is 16.3. The maximum atomic E-state index is 11.8. The van der Waals surface area contributed by atoms with Gasteiger partial charge in [-0.2, -0.15) is 0 Å². The van der Waals surface area contributed by atoms with Crippen molar-refractivity contribution >= 4 is 11.8 Å². The highest BCUT2D eigenvalue weighted by molar-refractivity contribution is 5.82. The van der Waals surface area contributed by atoms with Crippen molar-refractivity contribution in [2.24, 2.45) is 0 Å². The van der Waals surface area contributed by atoms with E-state index in [4.69, 9.17) is 4.74 Å². The van der Waals surface area contributed by atoms with E-state index in [9.17, 15) is 24.9 Å². The average Bonchev–Trinajstić information content (AvgIpc) is 2.57. The van der Waals surface area contributed by atoms with Crippen molar-refractivity contribution in [1.29, 1.82) is 0 Å². The van der Waals surface area contributed by atoms with Crippen LogP contribution in [-0.4, -0.2) is 39.3 Å². The quantitative estimate of drug-likeness (QED) is 0.356. The zero-order valence-electron chi connectivity index (χ0n) is 16.3. The first-order chi connectivity index (χ1) is 12.8. The first-order valence-electron chi connectivity index (χ1n) is 9.71. The van der Waals surface area contributed by atoms with E-state index in [0.29, 0.717) is 44.1 Å². The minimum Gasteiger partial charge on any atom is -0.508 e. The molecule has 1 rings (SSSR count). The molecule has 1 aromatic rings. The topological polar surface area (TPSA) is 104 Å². The fourth-order valence-electron chi connectivity index (χ4n) is 3.06. The van der Waals surface area contributed by atoms with Gasteiger partial charge in [0.15, 0.2) is 5.78 Å². The average molecular weight is 380 g/mol. The summed E-state index contributed by atoms with van der Waals surface area (Å²) in [7, 11) is 0. The number of aliphatic hydroxyl groups is 1. The van der Waals surface area contributed by atoms with Gasteiger partial charge in [-0.1, -0.05) is 26.2 Å². The first kappa shape index (κ1) is 23.0. The van der Waals surface area contributed by atoms with Crippen molar-refractivity contribution < 1.29 is 29.6 Å². The molecule has 0 amide bonds. The fourth-order valence-corrected chi connectivity index (χ4v) is 3.06. The lowest BCUT2D eigenvalue weighted by Gasteiger charge is -2.18. The molecule has 1 aromatic carbocycles. The Bertz CT molecular complexity index is 578. The Labute approximate surface area is 161 Å². The summed E-state index contributed by atoms with van der Waals surface area (Å²) < 4.78 is 5.32. The Hall–Kier alpha value is -2.08. The standard InChI is InChI=1S/C21H32O6/c1-3-4-5-9-20(25)21(26)10-7-6-8-19(27-15(2)22)13-16-11-17(23)14-18(24)12-16/h11-12,14,19,21,23-24,26H,3-10,13H2,1-2H3/t19-,21-/m1/s1. The first-order valence-corrected chi connectivity index (χ1v) is 9.71. The molecule has 2 atom stereocenters. The van der Waals surface area contributed by atoms with Gasteiger partial charge in [0, 0.05) is 25.8 Å². The molecule has 0 saturated heterocycles. The van der Waals surface area contributed by atoms with Gasteiger partial charge < -0.3 is 20.1 Å². The molecule has 0 aromatic heterocycles. The minimum absolute atomic E-state index is 0.0451. The molecule has 0 aliphatic rings. The van der Waals surface area contributed by atoms with Crippen LogP contribution < -0.4 is 0 Å². The van der Waals surface area contributed by atoms with E-state index in [0.717, 1.165) is 19.3 Å². The number of ketones is 1. The maximum absolute atomic E-state index is 11.8. The van der Waals surface area contributed by atoms with Gasteiger partial charge in [-0.3, -0.25) is 9.59 Å². The molecule has 0 bridgehead atoms. The van der Waals surface area contributed by atoms with Crippen molar-refractivity contribution in [3.8, 4) is 11.5 Å². The third-order valence-corrected chi connectivity index (χ3v) is 4.41. The second kappa shape index (κ2) is 12.3. The lowest BCUT2D eigenvalue weighted by molar-refractivity contribution is -0.146. The third kappa shape index (κ3) is 9.99. The van der Waals surface area contributed by atoms with E-state index >= 15 is 0 Å². The molecular formula is C21H32O6. The number of esters is 1. The molecule has 0 radical (unpaired) electrons. The molecule has 0 aliphatic heterocycles. The molecule has 27 heavy (non-hydrogen) atoms. The normalized spacial score (nSPS) is 13.1. The van der Waals surface area contributed by atoms with Crippen LogP contribution in [0.1, 0.15) is 70.8 Å². The number of hydrogen-bond donors (Lipinski definition) is 3. The van der Waals surface area contributed by atoms with E-state index in [-0.39, 0.29) is 23.4 Å². The number of phenols is 2. The summed E-state index contributed by atoms with van der Waals surface area (Å²) in [6.07, 6.45) is 4.68. The van der Waals surface area contributed by atoms with Gasteiger partial charge in [0.25, 0.3) is 0 Å². The molecule has 3 N–H and O–H groups in total. The van der Waals surface area contributed by atoms with Crippen LogP contribution in [0.4, 0.5) is 0 Å². The molecule has 6 heteroatoms. The number of unbranched alkanes of at least 4 members (excludes halogenated alkanes) is 3. The molecular weight excluding hydrogens is 348 g/mol. The van der Waals surface area contributed by atoms with Crippen LogP contribution in [0, 0.1) is 0 Å². The molecule has 0 aliphatic carbocycles. The minimum atomic E-state index is -0.919. The van der Waals surface area contributed by atoms with Crippen LogP contribution >= 0.6 is 0 Å². The van der Waals surface area contributed by atoms with Crippen LogP contribution in [0.25, 0.3) is 0 Å². The van der Waals surface area contributed by atoms with Gasteiger partial charge in [-0.05, 0) is 43.4 Å². The molecule has 0 fully saturated rings. The molecule has 0 heterocycles. The Morgan fingerprint density at radius 1 is 1.00 bits per heavy atom. The number of carbonyl (C=O) groups is 2. The van der Waals surface area contributed by atoms with Crippen molar-refractivity contribution in [2.45, 2.75) is 83.8 Å². The SMILES string of the molecule is CCCCCC(=O)[C@H](O)CCCC[C@H](Cc1cc(O)cc(O)c1)OC(C)=O. The largest absolute Gasteiger partial charge is 0.508 e. The van der Waals surface area contributed by atoms with Gasteiger partial charge in [0.1, 0.15) is 23.7 Å². The molecule has 152 valence electrons. The van der Waals surface area contributed by atoms with Crippen molar-refractivity contribution in [3.05, 3.63) is 23.8 Å². The summed E-state index contributed by atoms with van der Waals surface area (Å²) in [6.45, 7) is 3.41. The van der Waals surface area contributed by atoms with Crippen LogP contribution in [0.5, 0.6) is 11.5 Å². The summed E-state index contributed by atoms with van der Waals surface area (Å²) in [4.78, 5) is 23.2. The number of rotatable bonds is 13. The lowest BCUT2D eigenvalue weighted by atomic mass is 9.99. The van der Waals surface area contributed by atoms with Gasteiger partial charge in [0.2, 0.25) is 0 Å². The summed E-state index contributed by atoms with van der Waals surface area (Å²) in [5, 5.41) is 29.1. The Morgan fingerprint density at radius 2 is 1.63 bits per heavy atom.